The molecular weight excluding hydrogens is 286 g/mol. The molecule has 0 aromatic heterocycles. The number of allylic oxidation sites excluding steroid dienone is 1. The number of carbonyl (C=O) groups excluding carboxylic acids is 2. The molecule has 6 nitrogen and oxygen atoms in total. The average molecular weight is 303 g/mol. The van der Waals surface area contributed by atoms with E-state index in [1.54, 1.807) is 31.2 Å². The second-order valence-electron chi connectivity index (χ2n) is 4.59. The van der Waals surface area contributed by atoms with Gasteiger partial charge in [0.2, 0.25) is 0 Å². The first-order chi connectivity index (χ1) is 10.5. The van der Waals surface area contributed by atoms with Gasteiger partial charge in [-0.05, 0) is 19.1 Å². The monoisotopic (exact) mass is 303 g/mol. The van der Waals surface area contributed by atoms with E-state index in [4.69, 9.17) is 14.2 Å². The highest BCUT2D eigenvalue weighted by Gasteiger charge is 2.31. The summed E-state index contributed by atoms with van der Waals surface area (Å²) in [4.78, 5) is 24.0. The Morgan fingerprint density at radius 2 is 1.91 bits per heavy atom. The second-order valence-corrected chi connectivity index (χ2v) is 4.59. The fraction of sp³-hybridized carbons (Fsp3) is 0.250. The largest absolute Gasteiger partial charge is 0.493 e. The smallest absolute Gasteiger partial charge is 0.340 e. The highest BCUT2D eigenvalue weighted by molar-refractivity contribution is 6.16. The Hall–Kier alpha value is -2.76. The van der Waals surface area contributed by atoms with Gasteiger partial charge >= 0.3 is 5.97 Å². The third kappa shape index (κ3) is 2.67. The standard InChI is InChI=1S/C16H17NO5/c1-9-13(16(19)22-4)11(15(18)17-9)8-10-6-5-7-12(20-2)14(10)21-3/h5-8H,1-4H3,(H,17,18)/b11-8-. The van der Waals surface area contributed by atoms with Gasteiger partial charge in [-0.3, -0.25) is 4.79 Å². The van der Waals surface area contributed by atoms with Crippen LogP contribution in [0, 0.1) is 0 Å². The van der Waals surface area contributed by atoms with Gasteiger partial charge in [-0.25, -0.2) is 4.79 Å². The van der Waals surface area contributed by atoms with Crippen LogP contribution in [0.25, 0.3) is 6.08 Å². The maximum Gasteiger partial charge on any atom is 0.340 e. The minimum Gasteiger partial charge on any atom is -0.493 e. The number of benzene rings is 1. The van der Waals surface area contributed by atoms with E-state index < -0.39 is 5.97 Å². The SMILES string of the molecule is COC(=O)C1=C(C)NC(=O)/C1=C\c1cccc(OC)c1OC. The van der Waals surface area contributed by atoms with Crippen molar-refractivity contribution in [2.24, 2.45) is 0 Å². The molecule has 1 aliphatic heterocycles. The number of methoxy groups -OCH3 is 3. The molecule has 2 rings (SSSR count). The van der Waals surface area contributed by atoms with Crippen LogP contribution in [-0.2, 0) is 14.3 Å². The van der Waals surface area contributed by atoms with Crippen molar-refractivity contribution >= 4 is 18.0 Å². The van der Waals surface area contributed by atoms with Crippen LogP contribution in [0.15, 0.2) is 35.0 Å². The highest BCUT2D eigenvalue weighted by Crippen LogP contribution is 2.34. The Balaban J connectivity index is 2.57. The molecule has 0 atom stereocenters. The molecule has 1 heterocycles. The molecule has 1 aliphatic rings. The second kappa shape index (κ2) is 6.34. The molecule has 1 aromatic carbocycles. The van der Waals surface area contributed by atoms with Crippen molar-refractivity contribution in [3.63, 3.8) is 0 Å². The Morgan fingerprint density at radius 3 is 2.50 bits per heavy atom. The maximum absolute atomic E-state index is 12.1. The van der Waals surface area contributed by atoms with Gasteiger partial charge < -0.3 is 19.5 Å². The van der Waals surface area contributed by atoms with Crippen LogP contribution in [0.3, 0.4) is 0 Å². The van der Waals surface area contributed by atoms with E-state index >= 15 is 0 Å². The molecule has 1 N–H and O–H groups in total. The molecule has 0 radical (unpaired) electrons. The van der Waals surface area contributed by atoms with Crippen LogP contribution in [0.1, 0.15) is 12.5 Å². The Morgan fingerprint density at radius 1 is 1.18 bits per heavy atom. The van der Waals surface area contributed by atoms with Gasteiger partial charge in [0.1, 0.15) is 0 Å². The molecule has 6 heteroatoms. The fourth-order valence-electron chi connectivity index (χ4n) is 2.30. The number of ether oxygens (including phenoxy) is 3. The number of nitrogens with one attached hydrogen (secondary N) is 1. The van der Waals surface area contributed by atoms with E-state index in [1.807, 2.05) is 0 Å². The van der Waals surface area contributed by atoms with Crippen LogP contribution < -0.4 is 14.8 Å². The van der Waals surface area contributed by atoms with E-state index in [1.165, 1.54) is 21.3 Å². The number of hydrogen-bond donors (Lipinski definition) is 1. The van der Waals surface area contributed by atoms with Gasteiger partial charge in [-0.1, -0.05) is 12.1 Å². The van der Waals surface area contributed by atoms with Crippen molar-refractivity contribution in [1.82, 2.24) is 5.32 Å². The number of hydrogen-bond acceptors (Lipinski definition) is 5. The van der Waals surface area contributed by atoms with Crippen LogP contribution in [0.5, 0.6) is 11.5 Å². The highest BCUT2D eigenvalue weighted by atomic mass is 16.5. The molecule has 0 saturated heterocycles. The van der Waals surface area contributed by atoms with Crippen molar-refractivity contribution < 1.29 is 23.8 Å². The maximum atomic E-state index is 12.1. The first kappa shape index (κ1) is 15.6. The quantitative estimate of drug-likeness (QED) is 0.676. The first-order valence-electron chi connectivity index (χ1n) is 6.57. The summed E-state index contributed by atoms with van der Waals surface area (Å²) < 4.78 is 15.3. The third-order valence-electron chi connectivity index (χ3n) is 3.31. The van der Waals surface area contributed by atoms with Crippen LogP contribution in [-0.4, -0.2) is 33.2 Å². The summed E-state index contributed by atoms with van der Waals surface area (Å²) in [7, 11) is 4.31. The minimum atomic E-state index is -0.566. The number of esters is 1. The van der Waals surface area contributed by atoms with Crippen LogP contribution in [0.2, 0.25) is 0 Å². The lowest BCUT2D eigenvalue weighted by Gasteiger charge is -2.10. The summed E-state index contributed by atoms with van der Waals surface area (Å²) in [6.07, 6.45) is 1.58. The van der Waals surface area contributed by atoms with Gasteiger partial charge in [0.15, 0.2) is 11.5 Å². The first-order valence-corrected chi connectivity index (χ1v) is 6.57. The van der Waals surface area contributed by atoms with Gasteiger partial charge in [0, 0.05) is 11.3 Å². The van der Waals surface area contributed by atoms with E-state index in [9.17, 15) is 9.59 Å². The van der Waals surface area contributed by atoms with Crippen molar-refractivity contribution in [2.75, 3.05) is 21.3 Å². The van der Waals surface area contributed by atoms with E-state index in [-0.39, 0.29) is 17.1 Å². The Bertz CT molecular complexity index is 688. The normalized spacial score (nSPS) is 15.8. The van der Waals surface area contributed by atoms with Gasteiger partial charge in [-0.15, -0.1) is 0 Å². The van der Waals surface area contributed by atoms with E-state index in [2.05, 4.69) is 5.32 Å². The number of rotatable bonds is 4. The van der Waals surface area contributed by atoms with Crippen LogP contribution in [0.4, 0.5) is 0 Å². The number of para-hydroxylation sites is 1. The summed E-state index contributed by atoms with van der Waals surface area (Å²) in [5, 5.41) is 2.62. The fourth-order valence-corrected chi connectivity index (χ4v) is 2.30. The van der Waals surface area contributed by atoms with Crippen molar-refractivity contribution in [2.45, 2.75) is 6.92 Å². The Kier molecular flexibility index (Phi) is 4.50. The summed E-state index contributed by atoms with van der Waals surface area (Å²) in [5.41, 5.74) is 1.54. The molecule has 0 aliphatic carbocycles. The minimum absolute atomic E-state index is 0.220. The number of amides is 1. The van der Waals surface area contributed by atoms with Crippen LogP contribution >= 0.6 is 0 Å². The van der Waals surface area contributed by atoms with Crippen molar-refractivity contribution in [1.29, 1.82) is 0 Å². The molecule has 1 amide bonds. The van der Waals surface area contributed by atoms with Gasteiger partial charge in [0.05, 0.1) is 32.5 Å². The zero-order valence-electron chi connectivity index (χ0n) is 12.9. The lowest BCUT2D eigenvalue weighted by Crippen LogP contribution is -2.15. The van der Waals surface area contributed by atoms with E-state index in [0.717, 1.165) is 0 Å². The Labute approximate surface area is 128 Å². The van der Waals surface area contributed by atoms with Crippen molar-refractivity contribution in [3.05, 3.63) is 40.6 Å². The molecular formula is C16H17NO5. The third-order valence-corrected chi connectivity index (χ3v) is 3.31. The van der Waals surface area contributed by atoms with Crippen molar-refractivity contribution in [3.8, 4) is 11.5 Å². The zero-order valence-corrected chi connectivity index (χ0v) is 12.9. The lowest BCUT2D eigenvalue weighted by atomic mass is 10.0. The zero-order chi connectivity index (χ0) is 16.3. The molecule has 0 spiro atoms. The summed E-state index contributed by atoms with van der Waals surface area (Å²) in [6, 6.07) is 5.29. The summed E-state index contributed by atoms with van der Waals surface area (Å²) in [5.74, 6) is 0.0985. The van der Waals surface area contributed by atoms with E-state index in [0.29, 0.717) is 22.8 Å². The molecule has 116 valence electrons. The van der Waals surface area contributed by atoms with Gasteiger partial charge in [0.25, 0.3) is 5.91 Å². The lowest BCUT2D eigenvalue weighted by molar-refractivity contribution is -0.136. The molecule has 0 saturated carbocycles. The number of carbonyl (C=O) groups is 2. The average Bonchev–Trinajstić information content (AvgIpc) is 2.80. The molecule has 0 unspecified atom stereocenters. The summed E-state index contributed by atoms with van der Waals surface area (Å²) in [6.45, 7) is 1.65. The molecule has 0 bridgehead atoms. The predicted octanol–water partition coefficient (Wildman–Crippen LogP) is 1.66. The summed E-state index contributed by atoms with van der Waals surface area (Å²) >= 11 is 0. The predicted molar refractivity (Wildman–Crippen MR) is 80.4 cm³/mol. The molecule has 0 fully saturated rings. The van der Waals surface area contributed by atoms with Gasteiger partial charge in [-0.2, -0.15) is 0 Å². The molecule has 22 heavy (non-hydrogen) atoms. The molecule has 1 aromatic rings. The topological polar surface area (TPSA) is 73.9 Å².